The molecular formula is C20H25N5O2. The molecular weight excluding hydrogens is 342 g/mol. The van der Waals surface area contributed by atoms with Crippen LogP contribution in [0, 0.1) is 6.92 Å². The number of carbonyl (C=O) groups excluding carboxylic acids is 1. The zero-order valence-corrected chi connectivity index (χ0v) is 15.8. The number of amides is 1. The van der Waals surface area contributed by atoms with E-state index in [1.807, 2.05) is 40.9 Å². The lowest BCUT2D eigenvalue weighted by Gasteiger charge is -2.36. The molecule has 0 aliphatic carbocycles. The van der Waals surface area contributed by atoms with Crippen molar-refractivity contribution in [2.24, 2.45) is 5.16 Å². The van der Waals surface area contributed by atoms with Gasteiger partial charge in [-0.2, -0.15) is 5.10 Å². The number of para-hydroxylation sites is 1. The molecule has 1 amide bonds. The van der Waals surface area contributed by atoms with Crippen molar-refractivity contribution in [2.45, 2.75) is 32.9 Å². The van der Waals surface area contributed by atoms with Gasteiger partial charge in [0.25, 0.3) is 5.91 Å². The third-order valence-electron chi connectivity index (χ3n) is 5.37. The highest BCUT2D eigenvalue weighted by Crippen LogP contribution is 2.22. The number of rotatable bonds is 4. The molecule has 1 aromatic carbocycles. The zero-order valence-electron chi connectivity index (χ0n) is 15.8. The minimum absolute atomic E-state index is 0.0296. The summed E-state index contributed by atoms with van der Waals surface area (Å²) >= 11 is 0. The smallest absolute Gasteiger partial charge is 0.267 e. The highest BCUT2D eigenvalue weighted by atomic mass is 16.6. The summed E-state index contributed by atoms with van der Waals surface area (Å²) in [4.78, 5) is 22.5. The van der Waals surface area contributed by atoms with Gasteiger partial charge < -0.3 is 14.6 Å². The number of carbonyl (C=O) groups is 1. The SMILES string of the molecule is CCn1ncc(C2=NO[C@H](C(=O)N3CCN(c4ccccc4)CC3)C2)c1C. The van der Waals surface area contributed by atoms with Crippen LogP contribution in [-0.4, -0.2) is 58.6 Å². The second kappa shape index (κ2) is 7.42. The molecule has 7 heteroatoms. The third kappa shape index (κ3) is 3.41. The first kappa shape index (κ1) is 17.6. The van der Waals surface area contributed by atoms with Crippen LogP contribution in [0.1, 0.15) is 24.6 Å². The Bertz CT molecular complexity index is 837. The first-order chi connectivity index (χ1) is 13.2. The summed E-state index contributed by atoms with van der Waals surface area (Å²) in [6.07, 6.45) is 1.80. The molecule has 0 radical (unpaired) electrons. The average Bonchev–Trinajstić information content (AvgIpc) is 3.34. The maximum absolute atomic E-state index is 12.9. The van der Waals surface area contributed by atoms with Crippen LogP contribution in [0.4, 0.5) is 5.69 Å². The third-order valence-corrected chi connectivity index (χ3v) is 5.37. The van der Waals surface area contributed by atoms with Gasteiger partial charge in [-0.25, -0.2) is 0 Å². The van der Waals surface area contributed by atoms with Gasteiger partial charge in [0.05, 0.1) is 11.9 Å². The molecule has 1 fully saturated rings. The van der Waals surface area contributed by atoms with Gasteiger partial charge in [-0.1, -0.05) is 23.4 Å². The molecule has 1 aromatic heterocycles. The lowest BCUT2D eigenvalue weighted by Crippen LogP contribution is -2.51. The molecule has 2 aliphatic heterocycles. The predicted molar refractivity (Wildman–Crippen MR) is 104 cm³/mol. The number of oxime groups is 1. The van der Waals surface area contributed by atoms with E-state index in [9.17, 15) is 4.79 Å². The Kier molecular flexibility index (Phi) is 4.83. The van der Waals surface area contributed by atoms with E-state index in [-0.39, 0.29) is 5.91 Å². The topological polar surface area (TPSA) is 63.0 Å². The molecule has 1 atom stereocenters. The molecule has 0 spiro atoms. The van der Waals surface area contributed by atoms with Crippen molar-refractivity contribution >= 4 is 17.3 Å². The first-order valence-electron chi connectivity index (χ1n) is 9.51. The van der Waals surface area contributed by atoms with Gasteiger partial charge in [0.15, 0.2) is 0 Å². The maximum atomic E-state index is 12.9. The van der Waals surface area contributed by atoms with Crippen molar-refractivity contribution in [3.63, 3.8) is 0 Å². The van der Waals surface area contributed by atoms with Gasteiger partial charge >= 0.3 is 0 Å². The average molecular weight is 367 g/mol. The van der Waals surface area contributed by atoms with E-state index in [0.29, 0.717) is 19.5 Å². The van der Waals surface area contributed by atoms with Crippen LogP contribution in [-0.2, 0) is 16.2 Å². The van der Waals surface area contributed by atoms with Gasteiger partial charge in [0, 0.05) is 56.1 Å². The van der Waals surface area contributed by atoms with E-state index in [1.165, 1.54) is 5.69 Å². The first-order valence-corrected chi connectivity index (χ1v) is 9.51. The Balaban J connectivity index is 1.34. The molecule has 2 aromatic rings. The Morgan fingerprint density at radius 1 is 1.19 bits per heavy atom. The molecule has 3 heterocycles. The summed E-state index contributed by atoms with van der Waals surface area (Å²) in [6.45, 7) is 7.96. The summed E-state index contributed by atoms with van der Waals surface area (Å²) in [6, 6.07) is 10.3. The highest BCUT2D eigenvalue weighted by Gasteiger charge is 2.34. The molecule has 142 valence electrons. The van der Waals surface area contributed by atoms with Crippen molar-refractivity contribution in [2.75, 3.05) is 31.1 Å². The molecule has 2 aliphatic rings. The molecule has 0 unspecified atom stereocenters. The second-order valence-electron chi connectivity index (χ2n) is 6.94. The van der Waals surface area contributed by atoms with Crippen molar-refractivity contribution in [3.05, 3.63) is 47.8 Å². The van der Waals surface area contributed by atoms with Crippen molar-refractivity contribution in [1.29, 1.82) is 0 Å². The van der Waals surface area contributed by atoms with E-state index in [1.54, 1.807) is 0 Å². The van der Waals surface area contributed by atoms with Gasteiger partial charge in [0.1, 0.15) is 0 Å². The Labute approximate surface area is 159 Å². The van der Waals surface area contributed by atoms with Crippen LogP contribution in [0.15, 0.2) is 41.7 Å². The van der Waals surface area contributed by atoms with Crippen LogP contribution in [0.5, 0.6) is 0 Å². The minimum Gasteiger partial charge on any atom is -0.382 e. The summed E-state index contributed by atoms with van der Waals surface area (Å²) < 4.78 is 1.93. The Morgan fingerprint density at radius 2 is 1.93 bits per heavy atom. The fourth-order valence-corrected chi connectivity index (χ4v) is 3.75. The number of hydrogen-bond donors (Lipinski definition) is 0. The number of nitrogens with zero attached hydrogens (tertiary/aromatic N) is 5. The number of piperazine rings is 1. The molecule has 0 N–H and O–H groups in total. The molecule has 7 nitrogen and oxygen atoms in total. The summed E-state index contributed by atoms with van der Waals surface area (Å²) in [5.74, 6) is 0.0296. The number of aryl methyl sites for hydroxylation is 1. The van der Waals surface area contributed by atoms with E-state index in [0.717, 1.165) is 36.6 Å². The molecule has 1 saturated heterocycles. The zero-order chi connectivity index (χ0) is 18.8. The quantitative estimate of drug-likeness (QED) is 0.830. The maximum Gasteiger partial charge on any atom is 0.267 e. The normalized spacial score (nSPS) is 19.8. The lowest BCUT2D eigenvalue weighted by molar-refractivity contribution is -0.142. The monoisotopic (exact) mass is 367 g/mol. The standard InChI is InChI=1S/C20H25N5O2/c1-3-25-15(2)17(14-21-25)18-13-19(27-22-18)20(26)24-11-9-23(10-12-24)16-7-5-4-6-8-16/h4-8,14,19H,3,9-13H2,1-2H3/t19-/m0/s1. The largest absolute Gasteiger partial charge is 0.382 e. The fraction of sp³-hybridized carbons (Fsp3) is 0.450. The van der Waals surface area contributed by atoms with E-state index >= 15 is 0 Å². The second-order valence-corrected chi connectivity index (χ2v) is 6.94. The number of hydrogen-bond acceptors (Lipinski definition) is 5. The van der Waals surface area contributed by atoms with Crippen LogP contribution in [0.25, 0.3) is 0 Å². The van der Waals surface area contributed by atoms with Crippen LogP contribution in [0.3, 0.4) is 0 Å². The van der Waals surface area contributed by atoms with Gasteiger partial charge in [-0.05, 0) is 26.0 Å². The van der Waals surface area contributed by atoms with Crippen molar-refractivity contribution in [1.82, 2.24) is 14.7 Å². The minimum atomic E-state index is -0.521. The van der Waals surface area contributed by atoms with Gasteiger partial charge in [0.2, 0.25) is 6.10 Å². The van der Waals surface area contributed by atoms with E-state index in [4.69, 9.17) is 4.84 Å². The number of anilines is 1. The molecule has 0 saturated carbocycles. The number of benzene rings is 1. The van der Waals surface area contributed by atoms with Crippen molar-refractivity contribution < 1.29 is 9.63 Å². The van der Waals surface area contributed by atoms with Crippen LogP contribution in [0.2, 0.25) is 0 Å². The Morgan fingerprint density at radius 3 is 2.59 bits per heavy atom. The summed E-state index contributed by atoms with van der Waals surface area (Å²) in [5.41, 5.74) is 4.05. The molecule has 27 heavy (non-hydrogen) atoms. The summed E-state index contributed by atoms with van der Waals surface area (Å²) in [7, 11) is 0. The van der Waals surface area contributed by atoms with E-state index < -0.39 is 6.10 Å². The molecule has 4 rings (SSSR count). The number of aromatic nitrogens is 2. The van der Waals surface area contributed by atoms with E-state index in [2.05, 4.69) is 34.2 Å². The van der Waals surface area contributed by atoms with Crippen molar-refractivity contribution in [3.8, 4) is 0 Å². The predicted octanol–water partition coefficient (Wildman–Crippen LogP) is 2.05. The van der Waals surface area contributed by atoms with Gasteiger partial charge in [-0.3, -0.25) is 9.48 Å². The van der Waals surface area contributed by atoms with Crippen LogP contribution < -0.4 is 4.90 Å². The molecule has 0 bridgehead atoms. The lowest BCUT2D eigenvalue weighted by atomic mass is 10.0. The van der Waals surface area contributed by atoms with Crippen LogP contribution >= 0.6 is 0 Å². The Hall–Kier alpha value is -2.83. The summed E-state index contributed by atoms with van der Waals surface area (Å²) in [5, 5.41) is 8.53. The fourth-order valence-electron chi connectivity index (χ4n) is 3.75. The highest BCUT2D eigenvalue weighted by molar-refractivity contribution is 6.04. The van der Waals surface area contributed by atoms with Gasteiger partial charge in [-0.15, -0.1) is 0 Å².